The smallest absolute Gasteiger partial charge is 0.266 e. The van der Waals surface area contributed by atoms with Crippen molar-refractivity contribution in [1.29, 1.82) is 0 Å². The van der Waals surface area contributed by atoms with Gasteiger partial charge in [-0.1, -0.05) is 18.2 Å². The van der Waals surface area contributed by atoms with Gasteiger partial charge < -0.3 is 5.32 Å². The van der Waals surface area contributed by atoms with Crippen LogP contribution in [-0.4, -0.2) is 34.5 Å². The lowest BCUT2D eigenvalue weighted by molar-refractivity contribution is 0.137. The number of alkyl halides is 2. The van der Waals surface area contributed by atoms with Crippen LogP contribution in [0.4, 0.5) is 19.0 Å². The Morgan fingerprint density at radius 1 is 1.17 bits per heavy atom. The first kappa shape index (κ1) is 23.8. The molecule has 2 aromatic heterocycles. The van der Waals surface area contributed by atoms with Crippen LogP contribution < -0.4 is 10.9 Å². The second-order valence-corrected chi connectivity index (χ2v) is 11.9. The van der Waals surface area contributed by atoms with E-state index in [-0.39, 0.29) is 34.0 Å². The highest BCUT2D eigenvalue weighted by molar-refractivity contribution is 7.92. The summed E-state index contributed by atoms with van der Waals surface area (Å²) >= 11 is 0. The van der Waals surface area contributed by atoms with Gasteiger partial charge in [-0.3, -0.25) is 9.36 Å². The van der Waals surface area contributed by atoms with Gasteiger partial charge in [0, 0.05) is 18.2 Å². The van der Waals surface area contributed by atoms with Crippen LogP contribution in [0.1, 0.15) is 60.7 Å². The highest BCUT2D eigenvalue weighted by Crippen LogP contribution is 2.56. The molecule has 1 aliphatic carbocycles. The minimum Gasteiger partial charge on any atom is -0.363 e. The molecule has 1 saturated heterocycles. The number of hydrogen-bond donors (Lipinski definition) is 1. The van der Waals surface area contributed by atoms with Crippen molar-refractivity contribution in [2.45, 2.75) is 45.1 Å². The average Bonchev–Trinajstić information content (AvgIpc) is 2.73. The van der Waals surface area contributed by atoms with E-state index in [2.05, 4.69) is 15.3 Å². The van der Waals surface area contributed by atoms with E-state index in [1.807, 2.05) is 0 Å². The van der Waals surface area contributed by atoms with Gasteiger partial charge in [0.2, 0.25) is 0 Å². The van der Waals surface area contributed by atoms with Crippen molar-refractivity contribution in [3.8, 4) is 0 Å². The lowest BCUT2D eigenvalue weighted by Gasteiger charge is -2.53. The van der Waals surface area contributed by atoms with Crippen LogP contribution in [0.15, 0.2) is 29.1 Å². The van der Waals surface area contributed by atoms with E-state index in [0.29, 0.717) is 41.1 Å². The molecule has 0 amide bonds. The van der Waals surface area contributed by atoms with Crippen LogP contribution in [0.5, 0.6) is 0 Å². The van der Waals surface area contributed by atoms with Crippen LogP contribution in [0.3, 0.4) is 0 Å². The van der Waals surface area contributed by atoms with Crippen molar-refractivity contribution in [1.82, 2.24) is 14.5 Å². The number of aromatic nitrogens is 3. The predicted molar refractivity (Wildman–Crippen MR) is 126 cm³/mol. The number of pyridine rings is 1. The minimum absolute atomic E-state index is 0.0691. The maximum Gasteiger partial charge on any atom is 0.266 e. The van der Waals surface area contributed by atoms with E-state index in [0.717, 1.165) is 6.07 Å². The molecule has 5 rings (SSSR count). The molecule has 2 fully saturated rings. The SMILES string of the molecule is Cc1nc(N[C@H](C)c2cccc(C(F)F)c2F)c2cc(C3CC4(C3)CS(=O)(=O)C4)c(=O)n(C)c2n1. The maximum atomic E-state index is 14.7. The molecule has 0 unspecified atom stereocenters. The average molecular weight is 507 g/mol. The van der Waals surface area contributed by atoms with E-state index in [1.54, 1.807) is 27.0 Å². The molecule has 0 bridgehead atoms. The third-order valence-electron chi connectivity index (χ3n) is 7.17. The number of nitrogens with one attached hydrogen (secondary N) is 1. The number of rotatable bonds is 5. The second-order valence-electron chi connectivity index (χ2n) is 9.88. The molecule has 1 N–H and O–H groups in total. The molecule has 1 spiro atoms. The summed E-state index contributed by atoms with van der Waals surface area (Å²) in [5.74, 6) is 0.0415. The van der Waals surface area contributed by atoms with Crippen LogP contribution >= 0.6 is 0 Å². The van der Waals surface area contributed by atoms with Crippen molar-refractivity contribution in [2.75, 3.05) is 16.8 Å². The largest absolute Gasteiger partial charge is 0.363 e. The molecule has 35 heavy (non-hydrogen) atoms. The Hall–Kier alpha value is -2.95. The fourth-order valence-electron chi connectivity index (χ4n) is 5.55. The first-order valence-electron chi connectivity index (χ1n) is 11.3. The van der Waals surface area contributed by atoms with E-state index in [1.165, 1.54) is 16.7 Å². The minimum atomic E-state index is -2.96. The number of aryl methyl sites for hydroxylation is 2. The summed E-state index contributed by atoms with van der Waals surface area (Å²) in [5.41, 5.74) is -0.0686. The quantitative estimate of drug-likeness (QED) is 0.558. The van der Waals surface area contributed by atoms with Gasteiger partial charge in [-0.25, -0.2) is 31.6 Å². The van der Waals surface area contributed by atoms with Gasteiger partial charge in [-0.05, 0) is 44.1 Å². The Kier molecular flexibility index (Phi) is 5.46. The highest BCUT2D eigenvalue weighted by Gasteiger charge is 2.56. The lowest BCUT2D eigenvalue weighted by Crippen LogP contribution is -2.56. The zero-order chi connectivity index (χ0) is 25.3. The van der Waals surface area contributed by atoms with Gasteiger partial charge in [0.05, 0.1) is 28.5 Å². The molecule has 2 aliphatic rings. The predicted octanol–water partition coefficient (Wildman–Crippen LogP) is 4.18. The molecule has 3 aromatic rings. The van der Waals surface area contributed by atoms with E-state index in [4.69, 9.17) is 0 Å². The zero-order valence-corrected chi connectivity index (χ0v) is 20.3. The Balaban J connectivity index is 1.52. The maximum absolute atomic E-state index is 14.7. The summed E-state index contributed by atoms with van der Waals surface area (Å²) in [4.78, 5) is 22.0. The fourth-order valence-corrected chi connectivity index (χ4v) is 7.80. The summed E-state index contributed by atoms with van der Waals surface area (Å²) in [6.07, 6.45) is -1.67. The molecule has 7 nitrogen and oxygen atoms in total. The van der Waals surface area contributed by atoms with Gasteiger partial charge in [-0.15, -0.1) is 0 Å². The van der Waals surface area contributed by atoms with Gasteiger partial charge in [0.1, 0.15) is 23.1 Å². The molecule has 3 heterocycles. The summed E-state index contributed by atoms with van der Waals surface area (Å²) in [6.45, 7) is 3.31. The van der Waals surface area contributed by atoms with Crippen molar-refractivity contribution in [2.24, 2.45) is 12.5 Å². The number of halogens is 3. The van der Waals surface area contributed by atoms with Gasteiger partial charge in [0.25, 0.3) is 12.0 Å². The molecule has 1 atom stereocenters. The molecule has 1 aromatic carbocycles. The monoisotopic (exact) mass is 506 g/mol. The summed E-state index contributed by atoms with van der Waals surface area (Å²) in [5, 5.41) is 3.66. The Morgan fingerprint density at radius 3 is 2.46 bits per heavy atom. The number of sulfone groups is 1. The van der Waals surface area contributed by atoms with Gasteiger partial charge in [0.15, 0.2) is 9.84 Å². The lowest BCUT2D eigenvalue weighted by atomic mass is 9.61. The molecular weight excluding hydrogens is 481 g/mol. The van der Waals surface area contributed by atoms with Crippen molar-refractivity contribution in [3.63, 3.8) is 0 Å². The van der Waals surface area contributed by atoms with Crippen LogP contribution in [-0.2, 0) is 16.9 Å². The highest BCUT2D eigenvalue weighted by atomic mass is 32.2. The number of hydrogen-bond acceptors (Lipinski definition) is 6. The van der Waals surface area contributed by atoms with Crippen LogP contribution in [0.25, 0.3) is 11.0 Å². The number of fused-ring (bicyclic) bond motifs is 1. The third-order valence-corrected chi connectivity index (χ3v) is 9.28. The first-order valence-corrected chi connectivity index (χ1v) is 13.1. The van der Waals surface area contributed by atoms with E-state index < -0.39 is 33.7 Å². The Labute approximate surface area is 200 Å². The first-order chi connectivity index (χ1) is 16.4. The summed E-state index contributed by atoms with van der Waals surface area (Å²) in [6, 6.07) is 4.91. The van der Waals surface area contributed by atoms with E-state index in [9.17, 15) is 26.4 Å². The van der Waals surface area contributed by atoms with E-state index >= 15 is 0 Å². The molecule has 11 heteroatoms. The topological polar surface area (TPSA) is 94.0 Å². The third kappa shape index (κ3) is 3.99. The standard InChI is InChI=1S/C24H25F3N4O3S/c1-12(15-5-4-6-16(19(15)25)20(26)27)28-21-18-7-17(14-8-24(9-14)10-35(33,34)11-24)23(32)31(3)22(18)30-13(2)29-21/h4-7,12,14,20H,8-11H2,1-3H3,(H,28,29,30)/t12-/m1/s1. The van der Waals surface area contributed by atoms with Gasteiger partial charge in [-0.2, -0.15) is 0 Å². The second kappa shape index (κ2) is 8.04. The molecular formula is C24H25F3N4O3S. The Morgan fingerprint density at radius 2 is 1.83 bits per heavy atom. The van der Waals surface area contributed by atoms with Crippen LogP contribution in [0, 0.1) is 18.2 Å². The van der Waals surface area contributed by atoms with Crippen LogP contribution in [0.2, 0.25) is 0 Å². The summed E-state index contributed by atoms with van der Waals surface area (Å²) < 4.78 is 65.8. The number of nitrogens with zero attached hydrogens (tertiary/aromatic N) is 3. The van der Waals surface area contributed by atoms with Crippen molar-refractivity contribution in [3.05, 3.63) is 63.0 Å². The fraction of sp³-hybridized carbons (Fsp3) is 0.458. The van der Waals surface area contributed by atoms with Crippen molar-refractivity contribution >= 4 is 26.7 Å². The molecule has 1 aliphatic heterocycles. The number of benzene rings is 1. The van der Waals surface area contributed by atoms with Crippen molar-refractivity contribution < 1.29 is 21.6 Å². The zero-order valence-electron chi connectivity index (χ0n) is 19.5. The number of anilines is 1. The Bertz CT molecular complexity index is 1500. The summed E-state index contributed by atoms with van der Waals surface area (Å²) in [7, 11) is -1.35. The van der Waals surface area contributed by atoms with Gasteiger partial charge >= 0.3 is 0 Å². The molecule has 186 valence electrons. The molecule has 1 saturated carbocycles. The molecule has 0 radical (unpaired) electrons. The normalized spacial score (nSPS) is 19.5.